The Morgan fingerprint density at radius 3 is 2.65 bits per heavy atom. The number of nitrogens with zero attached hydrogens (tertiary/aromatic N) is 5. The van der Waals surface area contributed by atoms with Crippen LogP contribution in [0.25, 0.3) is 11.3 Å². The minimum Gasteiger partial charge on any atom is -0.393 e. The highest BCUT2D eigenvalue weighted by Gasteiger charge is 2.22. The molecule has 3 N–H and O–H groups in total. The summed E-state index contributed by atoms with van der Waals surface area (Å²) in [6.45, 7) is 5.12. The maximum atomic E-state index is 9.86. The number of aromatic nitrogens is 4. The zero-order valence-electron chi connectivity index (χ0n) is 18.6. The molecule has 2 aromatic heterocycles. The van der Waals surface area contributed by atoms with Crippen LogP contribution >= 0.6 is 0 Å². The Kier molecular flexibility index (Phi) is 7.51. The van der Waals surface area contributed by atoms with Crippen molar-refractivity contribution in [2.45, 2.75) is 76.9 Å². The maximum Gasteiger partial charge on any atom is 0.224 e. The molecule has 2 aliphatic rings. The van der Waals surface area contributed by atoms with Crippen LogP contribution in [0.15, 0.2) is 18.6 Å². The van der Waals surface area contributed by atoms with Gasteiger partial charge in [-0.05, 0) is 51.4 Å². The molecule has 0 bridgehead atoms. The van der Waals surface area contributed by atoms with Crippen LogP contribution in [0.1, 0.15) is 64.7 Å². The molecule has 0 unspecified atom stereocenters. The number of anilines is 3. The van der Waals surface area contributed by atoms with Gasteiger partial charge in [-0.15, -0.1) is 0 Å². The summed E-state index contributed by atoms with van der Waals surface area (Å²) in [5.41, 5.74) is 1.74. The van der Waals surface area contributed by atoms with Crippen molar-refractivity contribution in [1.82, 2.24) is 19.9 Å². The van der Waals surface area contributed by atoms with Gasteiger partial charge < -0.3 is 20.6 Å². The lowest BCUT2D eigenvalue weighted by Gasteiger charge is -2.28. The van der Waals surface area contributed by atoms with Crippen molar-refractivity contribution in [1.29, 1.82) is 0 Å². The lowest BCUT2D eigenvalue weighted by molar-refractivity contribution is 0.126. The van der Waals surface area contributed by atoms with Crippen molar-refractivity contribution in [3.8, 4) is 11.3 Å². The molecule has 0 amide bonds. The third-order valence-corrected chi connectivity index (χ3v) is 6.25. The molecule has 2 fully saturated rings. The number of rotatable bonds is 8. The van der Waals surface area contributed by atoms with Gasteiger partial charge in [-0.3, -0.25) is 0 Å². The Bertz CT molecular complexity index is 832. The molecule has 0 atom stereocenters. The van der Waals surface area contributed by atoms with Gasteiger partial charge in [-0.25, -0.2) is 15.0 Å². The minimum atomic E-state index is -0.178. The van der Waals surface area contributed by atoms with Crippen molar-refractivity contribution in [3.63, 3.8) is 0 Å². The lowest BCUT2D eigenvalue weighted by Crippen LogP contribution is -2.30. The Hall–Kier alpha value is -2.48. The summed E-state index contributed by atoms with van der Waals surface area (Å²) in [6.07, 6.45) is 12.8. The van der Waals surface area contributed by atoms with Crippen molar-refractivity contribution < 1.29 is 5.11 Å². The van der Waals surface area contributed by atoms with E-state index < -0.39 is 0 Å². The highest BCUT2D eigenvalue weighted by Crippen LogP contribution is 2.30. The van der Waals surface area contributed by atoms with Gasteiger partial charge in [0.2, 0.25) is 5.95 Å². The van der Waals surface area contributed by atoms with Gasteiger partial charge >= 0.3 is 0 Å². The second-order valence-electron chi connectivity index (χ2n) is 8.70. The molecule has 2 aromatic rings. The number of piperidine rings is 1. The fourth-order valence-corrected chi connectivity index (χ4v) is 4.35. The Labute approximate surface area is 184 Å². The smallest absolute Gasteiger partial charge is 0.224 e. The topological polar surface area (TPSA) is 99.1 Å². The Balaban J connectivity index is 1.59. The highest BCUT2D eigenvalue weighted by atomic mass is 16.3. The number of nitrogens with one attached hydrogen (secondary N) is 2. The van der Waals surface area contributed by atoms with E-state index in [-0.39, 0.29) is 6.10 Å². The molecule has 1 aliphatic carbocycles. The molecule has 0 spiro atoms. The SMILES string of the molecule is CCCCNc1ncc(-c2cc(N3CCCCC3)ncn2)c(N[C@H]2CC[C@H](O)CC2)n1. The molecule has 3 heterocycles. The van der Waals surface area contributed by atoms with Crippen LogP contribution in [-0.2, 0) is 0 Å². The van der Waals surface area contributed by atoms with Gasteiger partial charge in [0, 0.05) is 37.9 Å². The third-order valence-electron chi connectivity index (χ3n) is 6.25. The van der Waals surface area contributed by atoms with Crippen LogP contribution in [0.2, 0.25) is 0 Å². The fourth-order valence-electron chi connectivity index (χ4n) is 4.35. The first-order valence-corrected chi connectivity index (χ1v) is 11.9. The maximum absolute atomic E-state index is 9.86. The molecule has 8 nitrogen and oxygen atoms in total. The molecule has 168 valence electrons. The number of aliphatic hydroxyl groups excluding tert-OH is 1. The fraction of sp³-hybridized carbons (Fsp3) is 0.652. The molecular weight excluding hydrogens is 390 g/mol. The summed E-state index contributed by atoms with van der Waals surface area (Å²) in [4.78, 5) is 20.8. The molecule has 1 aliphatic heterocycles. The monoisotopic (exact) mass is 425 g/mol. The molecule has 31 heavy (non-hydrogen) atoms. The van der Waals surface area contributed by atoms with E-state index in [1.54, 1.807) is 6.33 Å². The number of hydrogen-bond acceptors (Lipinski definition) is 8. The van der Waals surface area contributed by atoms with Crippen LogP contribution in [0.3, 0.4) is 0 Å². The predicted molar refractivity (Wildman–Crippen MR) is 124 cm³/mol. The normalized spacial score (nSPS) is 21.7. The van der Waals surface area contributed by atoms with Crippen molar-refractivity contribution in [2.75, 3.05) is 35.2 Å². The highest BCUT2D eigenvalue weighted by molar-refractivity contribution is 5.74. The van der Waals surface area contributed by atoms with E-state index in [0.29, 0.717) is 12.0 Å². The van der Waals surface area contributed by atoms with E-state index in [1.807, 2.05) is 6.20 Å². The first-order valence-electron chi connectivity index (χ1n) is 11.9. The Morgan fingerprint density at radius 2 is 1.87 bits per heavy atom. The van der Waals surface area contributed by atoms with E-state index >= 15 is 0 Å². The molecule has 1 saturated heterocycles. The summed E-state index contributed by atoms with van der Waals surface area (Å²) in [7, 11) is 0. The van der Waals surface area contributed by atoms with Gasteiger partial charge in [-0.1, -0.05) is 13.3 Å². The summed E-state index contributed by atoms with van der Waals surface area (Å²) in [5, 5.41) is 16.8. The molecular formula is C23H35N7O. The second-order valence-corrected chi connectivity index (χ2v) is 8.70. The first-order chi connectivity index (χ1) is 15.2. The van der Waals surface area contributed by atoms with Crippen LogP contribution in [0.5, 0.6) is 0 Å². The van der Waals surface area contributed by atoms with Crippen LogP contribution in [0.4, 0.5) is 17.6 Å². The summed E-state index contributed by atoms with van der Waals surface area (Å²) >= 11 is 0. The zero-order chi connectivity index (χ0) is 21.5. The molecule has 0 aromatic carbocycles. The lowest BCUT2D eigenvalue weighted by atomic mass is 9.93. The van der Waals surface area contributed by atoms with Crippen LogP contribution in [-0.4, -0.2) is 56.8 Å². The van der Waals surface area contributed by atoms with E-state index in [0.717, 1.165) is 81.1 Å². The number of aliphatic hydroxyl groups is 1. The van der Waals surface area contributed by atoms with E-state index in [4.69, 9.17) is 4.98 Å². The first kappa shape index (κ1) is 21.7. The van der Waals surface area contributed by atoms with Gasteiger partial charge in [-0.2, -0.15) is 4.98 Å². The quantitative estimate of drug-likeness (QED) is 0.549. The summed E-state index contributed by atoms with van der Waals surface area (Å²) < 4.78 is 0. The number of unbranched alkanes of at least 4 members (excludes halogenated alkanes) is 1. The number of hydrogen-bond donors (Lipinski definition) is 3. The van der Waals surface area contributed by atoms with E-state index in [1.165, 1.54) is 19.3 Å². The molecule has 1 saturated carbocycles. The molecule has 4 rings (SSSR count). The van der Waals surface area contributed by atoms with Crippen LogP contribution in [0, 0.1) is 0 Å². The van der Waals surface area contributed by atoms with Gasteiger partial charge in [0.1, 0.15) is 18.0 Å². The van der Waals surface area contributed by atoms with E-state index in [2.05, 4.69) is 43.5 Å². The molecule has 0 radical (unpaired) electrons. The third kappa shape index (κ3) is 5.81. The van der Waals surface area contributed by atoms with E-state index in [9.17, 15) is 5.11 Å². The van der Waals surface area contributed by atoms with Gasteiger partial charge in [0.15, 0.2) is 0 Å². The van der Waals surface area contributed by atoms with Crippen molar-refractivity contribution in [3.05, 3.63) is 18.6 Å². The minimum absolute atomic E-state index is 0.178. The summed E-state index contributed by atoms with van der Waals surface area (Å²) in [6, 6.07) is 2.35. The second kappa shape index (κ2) is 10.7. The Morgan fingerprint density at radius 1 is 1.06 bits per heavy atom. The van der Waals surface area contributed by atoms with Crippen LogP contribution < -0.4 is 15.5 Å². The average Bonchev–Trinajstić information content (AvgIpc) is 2.82. The average molecular weight is 426 g/mol. The largest absolute Gasteiger partial charge is 0.393 e. The van der Waals surface area contributed by atoms with Crippen molar-refractivity contribution in [2.24, 2.45) is 0 Å². The van der Waals surface area contributed by atoms with Gasteiger partial charge in [0.05, 0.1) is 17.4 Å². The van der Waals surface area contributed by atoms with Gasteiger partial charge in [0.25, 0.3) is 0 Å². The predicted octanol–water partition coefficient (Wildman–Crippen LogP) is 3.85. The molecule has 8 heteroatoms. The van der Waals surface area contributed by atoms with Crippen molar-refractivity contribution >= 4 is 17.6 Å². The standard InChI is InChI=1S/C23H35N7O/c1-2-3-11-24-23-25-15-19(22(29-23)28-17-7-9-18(31)10-8-17)20-14-21(27-16-26-20)30-12-5-4-6-13-30/h14-18,31H,2-13H2,1H3,(H2,24,25,28,29)/t17-,18-. The zero-order valence-corrected chi connectivity index (χ0v) is 18.6. The summed E-state index contributed by atoms with van der Waals surface area (Å²) in [5.74, 6) is 2.42.